The highest BCUT2D eigenvalue weighted by Crippen LogP contribution is 2.19. The lowest BCUT2D eigenvalue weighted by Crippen LogP contribution is -2.58. The fraction of sp³-hybridized carbons (Fsp3) is 0.387. The number of benzene rings is 2. The molecule has 230 valence electrons. The first-order valence-electron chi connectivity index (χ1n) is 14.2. The molecule has 4 unspecified atom stereocenters. The van der Waals surface area contributed by atoms with E-state index in [4.69, 9.17) is 11.5 Å². The molecule has 3 rings (SSSR count). The van der Waals surface area contributed by atoms with Gasteiger partial charge in [-0.25, -0.2) is 4.79 Å². The van der Waals surface area contributed by atoms with Gasteiger partial charge in [-0.15, -0.1) is 0 Å². The number of amides is 4. The number of nitrogens with one attached hydrogen (secondary N) is 4. The van der Waals surface area contributed by atoms with Crippen molar-refractivity contribution in [1.29, 1.82) is 0 Å². The molecular formula is C31H40N6O6. The number of aromatic nitrogens is 1. The molecular weight excluding hydrogens is 552 g/mol. The lowest BCUT2D eigenvalue weighted by atomic mass is 9.99. The Morgan fingerprint density at radius 3 is 2.07 bits per heavy atom. The molecule has 2 aromatic carbocycles. The number of rotatable bonds is 16. The number of aliphatic carboxylic acids is 1. The molecule has 0 radical (unpaired) electrons. The first kappa shape index (κ1) is 32.8. The van der Waals surface area contributed by atoms with Gasteiger partial charge in [0.25, 0.3) is 0 Å². The maximum absolute atomic E-state index is 13.5. The number of carbonyl (C=O) groups is 5. The van der Waals surface area contributed by atoms with E-state index in [9.17, 15) is 29.1 Å². The molecule has 0 spiro atoms. The van der Waals surface area contributed by atoms with Crippen molar-refractivity contribution in [3.05, 3.63) is 71.9 Å². The Kier molecular flexibility index (Phi) is 11.8. The summed E-state index contributed by atoms with van der Waals surface area (Å²) in [6, 6.07) is 12.0. The summed E-state index contributed by atoms with van der Waals surface area (Å²) in [7, 11) is 0. The molecule has 1 aromatic heterocycles. The highest BCUT2D eigenvalue weighted by Gasteiger charge is 2.31. The molecule has 0 aliphatic rings. The summed E-state index contributed by atoms with van der Waals surface area (Å²) in [4.78, 5) is 66.1. The number of carbonyl (C=O) groups excluding carboxylic acids is 4. The van der Waals surface area contributed by atoms with Gasteiger partial charge in [0, 0.05) is 29.9 Å². The number of fused-ring (bicyclic) bond motifs is 1. The van der Waals surface area contributed by atoms with Crippen LogP contribution in [0, 0.1) is 5.92 Å². The average molecular weight is 593 g/mol. The average Bonchev–Trinajstić information content (AvgIpc) is 3.36. The summed E-state index contributed by atoms with van der Waals surface area (Å²) in [6.45, 7) is 3.78. The van der Waals surface area contributed by atoms with Crippen molar-refractivity contribution >= 4 is 40.5 Å². The van der Waals surface area contributed by atoms with Crippen LogP contribution in [0.15, 0.2) is 60.8 Å². The molecule has 0 saturated carbocycles. The lowest BCUT2D eigenvalue weighted by molar-refractivity contribution is -0.142. The van der Waals surface area contributed by atoms with E-state index in [1.165, 1.54) is 0 Å². The van der Waals surface area contributed by atoms with Crippen molar-refractivity contribution in [2.24, 2.45) is 17.4 Å². The van der Waals surface area contributed by atoms with Gasteiger partial charge in [0.05, 0.1) is 6.04 Å². The Morgan fingerprint density at radius 2 is 1.42 bits per heavy atom. The molecule has 0 aliphatic heterocycles. The number of carboxylic acids is 1. The number of nitrogens with two attached hydrogens (primary N) is 2. The predicted octanol–water partition coefficient (Wildman–Crippen LogP) is 1.13. The summed E-state index contributed by atoms with van der Waals surface area (Å²) < 4.78 is 0. The maximum Gasteiger partial charge on any atom is 0.326 e. The summed E-state index contributed by atoms with van der Waals surface area (Å²) in [6.07, 6.45) is 1.93. The van der Waals surface area contributed by atoms with Crippen LogP contribution in [0.5, 0.6) is 0 Å². The summed E-state index contributed by atoms with van der Waals surface area (Å²) in [5.41, 5.74) is 13.9. The van der Waals surface area contributed by atoms with Crippen LogP contribution in [-0.4, -0.2) is 63.9 Å². The summed E-state index contributed by atoms with van der Waals surface area (Å²) in [5, 5.41) is 18.4. The minimum Gasteiger partial charge on any atom is -0.480 e. The second-order valence-electron chi connectivity index (χ2n) is 11.0. The Bertz CT molecular complexity index is 1420. The van der Waals surface area contributed by atoms with E-state index in [-0.39, 0.29) is 38.0 Å². The van der Waals surface area contributed by atoms with E-state index in [0.717, 1.165) is 22.0 Å². The van der Waals surface area contributed by atoms with Crippen LogP contribution in [0.2, 0.25) is 0 Å². The van der Waals surface area contributed by atoms with E-state index < -0.39 is 53.8 Å². The van der Waals surface area contributed by atoms with E-state index >= 15 is 0 Å². The van der Waals surface area contributed by atoms with Crippen LogP contribution >= 0.6 is 0 Å². The van der Waals surface area contributed by atoms with Crippen LogP contribution in [-0.2, 0) is 36.8 Å². The fourth-order valence-corrected chi connectivity index (χ4v) is 4.76. The number of H-pyrrole nitrogens is 1. The zero-order valence-electron chi connectivity index (χ0n) is 24.3. The van der Waals surface area contributed by atoms with Crippen molar-refractivity contribution in [2.75, 3.05) is 0 Å². The van der Waals surface area contributed by atoms with Crippen LogP contribution in [0.3, 0.4) is 0 Å². The molecule has 0 saturated heterocycles. The van der Waals surface area contributed by atoms with E-state index in [1.807, 2.05) is 38.1 Å². The van der Waals surface area contributed by atoms with Crippen molar-refractivity contribution < 1.29 is 29.1 Å². The van der Waals surface area contributed by atoms with Crippen LogP contribution < -0.4 is 27.4 Å². The topological polar surface area (TPSA) is 209 Å². The second kappa shape index (κ2) is 15.5. The molecule has 0 aliphatic carbocycles. The fourth-order valence-electron chi connectivity index (χ4n) is 4.76. The molecule has 1 heterocycles. The largest absolute Gasteiger partial charge is 0.480 e. The quantitative estimate of drug-likeness (QED) is 0.129. The molecule has 12 heteroatoms. The van der Waals surface area contributed by atoms with Gasteiger partial charge in [-0.05, 0) is 42.4 Å². The van der Waals surface area contributed by atoms with E-state index in [0.29, 0.717) is 0 Å². The van der Waals surface area contributed by atoms with Crippen molar-refractivity contribution in [2.45, 2.75) is 70.1 Å². The highest BCUT2D eigenvalue weighted by atomic mass is 16.4. The number of aromatic amines is 1. The Labute approximate surface area is 250 Å². The third kappa shape index (κ3) is 9.96. The molecule has 0 bridgehead atoms. The predicted molar refractivity (Wildman–Crippen MR) is 161 cm³/mol. The number of hydrogen-bond acceptors (Lipinski definition) is 6. The minimum absolute atomic E-state index is 0.00693. The van der Waals surface area contributed by atoms with E-state index in [2.05, 4.69) is 20.9 Å². The number of hydrogen-bond donors (Lipinski definition) is 7. The zero-order chi connectivity index (χ0) is 31.5. The van der Waals surface area contributed by atoms with Gasteiger partial charge >= 0.3 is 5.97 Å². The van der Waals surface area contributed by atoms with Crippen molar-refractivity contribution in [1.82, 2.24) is 20.9 Å². The molecule has 4 atom stereocenters. The molecule has 3 aromatic rings. The van der Waals surface area contributed by atoms with Crippen LogP contribution in [0.4, 0.5) is 0 Å². The maximum atomic E-state index is 13.5. The lowest BCUT2D eigenvalue weighted by Gasteiger charge is -2.26. The normalized spacial score (nSPS) is 14.0. The number of para-hydroxylation sites is 1. The van der Waals surface area contributed by atoms with Crippen molar-refractivity contribution in [3.63, 3.8) is 0 Å². The molecule has 9 N–H and O–H groups in total. The Hall–Kier alpha value is -4.71. The Balaban J connectivity index is 1.75. The van der Waals surface area contributed by atoms with Gasteiger partial charge in [0.1, 0.15) is 18.1 Å². The number of carboxylic acid groups (broad SMARTS) is 1. The molecule has 0 fully saturated rings. The summed E-state index contributed by atoms with van der Waals surface area (Å²) in [5.74, 6) is -3.92. The minimum atomic E-state index is -1.39. The second-order valence-corrected chi connectivity index (χ2v) is 11.0. The monoisotopic (exact) mass is 592 g/mol. The van der Waals surface area contributed by atoms with Crippen molar-refractivity contribution in [3.8, 4) is 0 Å². The molecule has 12 nitrogen and oxygen atoms in total. The van der Waals surface area contributed by atoms with Gasteiger partial charge in [0.2, 0.25) is 23.6 Å². The molecule has 4 amide bonds. The van der Waals surface area contributed by atoms with Gasteiger partial charge in [-0.2, -0.15) is 0 Å². The highest BCUT2D eigenvalue weighted by molar-refractivity contribution is 5.94. The first-order valence-corrected chi connectivity index (χ1v) is 14.2. The zero-order valence-corrected chi connectivity index (χ0v) is 24.3. The van der Waals surface area contributed by atoms with Gasteiger partial charge in [-0.3, -0.25) is 19.2 Å². The Morgan fingerprint density at radius 1 is 0.814 bits per heavy atom. The third-order valence-electron chi connectivity index (χ3n) is 7.00. The van der Waals surface area contributed by atoms with Gasteiger partial charge in [0.15, 0.2) is 0 Å². The SMILES string of the molecule is CC(C)CC(NC(=O)C(N)Cc1c[nH]c2ccccc12)C(=O)NC(Cc1ccccc1)C(=O)NC(CCC(N)=O)C(=O)O. The standard InChI is InChI=1S/C31H40N6O6/c1-18(2)14-25(36-28(39)22(32)16-20-17-34-23-11-7-6-10-21(20)23)29(40)37-26(15-19-8-4-3-5-9-19)30(41)35-24(31(42)43)12-13-27(33)38/h3-11,17-18,22,24-26,34H,12-16,32H2,1-2H3,(H2,33,38)(H,35,41)(H,36,39)(H,37,40)(H,42,43). The van der Waals surface area contributed by atoms with Crippen LogP contribution in [0.1, 0.15) is 44.2 Å². The van der Waals surface area contributed by atoms with E-state index in [1.54, 1.807) is 36.5 Å². The molecule has 43 heavy (non-hydrogen) atoms. The number of primary amides is 1. The van der Waals surface area contributed by atoms with Crippen LogP contribution in [0.25, 0.3) is 10.9 Å². The smallest absolute Gasteiger partial charge is 0.326 e. The third-order valence-corrected chi connectivity index (χ3v) is 7.00. The van der Waals surface area contributed by atoms with Gasteiger partial charge < -0.3 is 37.5 Å². The summed E-state index contributed by atoms with van der Waals surface area (Å²) >= 11 is 0. The first-order chi connectivity index (χ1) is 20.4. The van der Waals surface area contributed by atoms with Gasteiger partial charge in [-0.1, -0.05) is 62.4 Å².